The van der Waals surface area contributed by atoms with Crippen molar-refractivity contribution >= 4 is 44.4 Å². The predicted octanol–water partition coefficient (Wildman–Crippen LogP) is 10.4. The number of aromatic nitrogens is 4. The van der Waals surface area contributed by atoms with Crippen LogP contribution in [0.5, 0.6) is 5.75 Å². The van der Waals surface area contributed by atoms with Gasteiger partial charge in [-0.05, 0) is 130 Å². The Bertz CT molecular complexity index is 2500. The summed E-state index contributed by atoms with van der Waals surface area (Å²) in [6.45, 7) is 14.1. The van der Waals surface area contributed by atoms with E-state index in [0.717, 1.165) is 60.1 Å². The molecular formula is C45H51N9O5S. The molecule has 1 aliphatic heterocycles. The van der Waals surface area contributed by atoms with Gasteiger partial charge in [0.05, 0.1) is 40.0 Å². The maximum atomic E-state index is 14.7. The van der Waals surface area contributed by atoms with Crippen molar-refractivity contribution < 1.29 is 23.8 Å². The molecule has 2 aromatic carbocycles. The quantitative estimate of drug-likeness (QED) is 0.0477. The molecule has 1 N–H and O–H groups in total. The van der Waals surface area contributed by atoms with Crippen LogP contribution in [0.15, 0.2) is 72.0 Å². The number of azide groups is 1. The average Bonchev–Trinajstić information content (AvgIpc) is 3.75. The predicted molar refractivity (Wildman–Crippen MR) is 230 cm³/mol. The molecule has 14 nitrogen and oxygen atoms in total. The van der Waals surface area contributed by atoms with E-state index in [1.807, 2.05) is 75.5 Å². The fourth-order valence-electron chi connectivity index (χ4n) is 11.8. The minimum Gasteiger partial charge on any atom is -0.489 e. The summed E-state index contributed by atoms with van der Waals surface area (Å²) < 4.78 is 21.9. The molecule has 10 rings (SSSR count). The van der Waals surface area contributed by atoms with E-state index in [1.54, 1.807) is 17.0 Å². The lowest BCUT2D eigenvalue weighted by molar-refractivity contribution is -0.247. The summed E-state index contributed by atoms with van der Waals surface area (Å²) >= 11 is 1.42. The Hall–Kier alpha value is -5.50. The van der Waals surface area contributed by atoms with E-state index >= 15 is 0 Å². The lowest BCUT2D eigenvalue weighted by Crippen LogP contribution is -2.64. The van der Waals surface area contributed by atoms with Crippen LogP contribution in [0.2, 0.25) is 0 Å². The number of nitrogens with zero attached hydrogens (tertiary/aromatic N) is 8. The molecule has 4 aliphatic carbocycles. The van der Waals surface area contributed by atoms with Gasteiger partial charge in [0.1, 0.15) is 29.7 Å². The van der Waals surface area contributed by atoms with Crippen LogP contribution in [0, 0.1) is 23.2 Å². The van der Waals surface area contributed by atoms with Gasteiger partial charge in [0.15, 0.2) is 5.13 Å². The number of hydrogen-bond donors (Lipinski definition) is 1. The van der Waals surface area contributed by atoms with E-state index in [2.05, 4.69) is 45.8 Å². The normalized spacial score (nSPS) is 26.6. The fourth-order valence-corrected chi connectivity index (χ4v) is 12.6. The van der Waals surface area contributed by atoms with Crippen LogP contribution < -0.4 is 15.0 Å². The van der Waals surface area contributed by atoms with Crippen molar-refractivity contribution in [2.24, 2.45) is 21.4 Å². The summed E-state index contributed by atoms with van der Waals surface area (Å²) in [7, 11) is 0. The summed E-state index contributed by atoms with van der Waals surface area (Å²) in [6, 6.07) is 17.8. The van der Waals surface area contributed by atoms with Crippen molar-refractivity contribution in [3.63, 3.8) is 0 Å². The second kappa shape index (κ2) is 14.6. The number of para-hydroxylation sites is 1. The van der Waals surface area contributed by atoms with Crippen LogP contribution in [-0.2, 0) is 16.0 Å². The third kappa shape index (κ3) is 7.58. The van der Waals surface area contributed by atoms with Crippen molar-refractivity contribution in [1.82, 2.24) is 19.7 Å². The number of fused-ring (bicyclic) bond motifs is 2. The Kier molecular flexibility index (Phi) is 9.72. The van der Waals surface area contributed by atoms with Crippen molar-refractivity contribution in [2.45, 2.75) is 104 Å². The molecule has 0 radical (unpaired) electrons. The van der Waals surface area contributed by atoms with Gasteiger partial charge < -0.3 is 14.2 Å². The maximum Gasteiger partial charge on any atom is 0.357 e. The third-order valence-electron chi connectivity index (χ3n) is 12.6. The third-order valence-corrected chi connectivity index (χ3v) is 13.6. The molecule has 0 spiro atoms. The number of ether oxygens (including phenoxy) is 3. The number of esters is 1. The van der Waals surface area contributed by atoms with Gasteiger partial charge in [0, 0.05) is 34.8 Å². The molecule has 5 aliphatic rings. The first-order chi connectivity index (χ1) is 28.6. The molecule has 15 heteroatoms. The number of nitrogens with one attached hydrogen (secondary N) is 1. The number of urea groups is 1. The van der Waals surface area contributed by atoms with Gasteiger partial charge in [-0.15, -0.1) is 0 Å². The number of hydrogen-bond acceptors (Lipinski definition) is 10. The molecule has 5 aromatic rings. The zero-order valence-corrected chi connectivity index (χ0v) is 35.8. The summed E-state index contributed by atoms with van der Waals surface area (Å²) in [5, 5.41) is 12.4. The van der Waals surface area contributed by atoms with Crippen LogP contribution >= 0.6 is 11.3 Å². The van der Waals surface area contributed by atoms with E-state index in [1.165, 1.54) is 17.8 Å². The Labute approximate surface area is 353 Å². The standard InChI is InChI=1S/C45H51N9O5S/c1-28-30(19-48-53(28)27-44-22-42(5)21-43(6,23-44)25-45(24-42,26-44)58-17-16-47-52-46)35-20-57-36-15-14-29(31-11-9-12-33(49-31)38(55)59-41(2,3)4)18-34(36)54(35)40(56)51-39-50-32-10-7-8-13-37(32)60-39/h7-15,18-19,35H,16-17,20-27H2,1-6H3,(H,50,51,56). The zero-order chi connectivity index (χ0) is 42.1. The number of thiazole rings is 1. The second-order valence-corrected chi connectivity index (χ2v) is 20.2. The largest absolute Gasteiger partial charge is 0.489 e. The lowest BCUT2D eigenvalue weighted by Gasteiger charge is -2.69. The number of benzene rings is 2. The highest BCUT2D eigenvalue weighted by Gasteiger charge is 2.66. The lowest BCUT2D eigenvalue weighted by atomic mass is 9.39. The summed E-state index contributed by atoms with van der Waals surface area (Å²) in [5.41, 5.74) is 12.9. The Morgan fingerprint density at radius 1 is 1.02 bits per heavy atom. The average molecular weight is 830 g/mol. The van der Waals surface area contributed by atoms with Crippen molar-refractivity contribution in [1.29, 1.82) is 0 Å². The minimum atomic E-state index is -0.674. The van der Waals surface area contributed by atoms with Gasteiger partial charge in [0.2, 0.25) is 0 Å². The minimum absolute atomic E-state index is 0.0277. The number of anilines is 2. The smallest absolute Gasteiger partial charge is 0.357 e. The SMILES string of the molecule is Cc1c(C2COc3ccc(-c4cccc(C(=O)OC(C)(C)C)n4)cc3N2C(=O)Nc2nc3ccccc3s2)cnn1CC12CC3(C)CC(C)(C1)CC(OCCN=[N+]=[N-])(C3)C2. The fraction of sp³-hybridized carbons (Fsp3) is 0.489. The van der Waals surface area contributed by atoms with Gasteiger partial charge in [-0.2, -0.15) is 5.10 Å². The van der Waals surface area contributed by atoms with Crippen LogP contribution in [0.4, 0.5) is 15.6 Å². The maximum absolute atomic E-state index is 14.7. The van der Waals surface area contributed by atoms with Gasteiger partial charge in [-0.1, -0.05) is 48.5 Å². The van der Waals surface area contributed by atoms with Crippen molar-refractivity contribution in [3.8, 4) is 17.0 Å². The number of carbonyl (C=O) groups excluding carboxylic acids is 2. The molecule has 4 saturated carbocycles. The number of carbonyl (C=O) groups is 2. The first kappa shape index (κ1) is 39.9. The topological polar surface area (TPSA) is 169 Å². The molecule has 4 heterocycles. The molecule has 60 heavy (non-hydrogen) atoms. The number of amides is 2. The van der Waals surface area contributed by atoms with Crippen molar-refractivity contribution in [2.75, 3.05) is 30.0 Å². The first-order valence-corrected chi connectivity index (χ1v) is 21.5. The number of pyridine rings is 1. The van der Waals surface area contributed by atoms with Gasteiger partial charge in [-0.3, -0.25) is 14.9 Å². The van der Waals surface area contributed by atoms with Crippen LogP contribution in [-0.4, -0.2) is 62.7 Å². The molecular weight excluding hydrogens is 779 g/mol. The highest BCUT2D eigenvalue weighted by molar-refractivity contribution is 7.22. The Morgan fingerprint density at radius 2 is 1.80 bits per heavy atom. The molecule has 3 aromatic heterocycles. The van der Waals surface area contributed by atoms with Crippen LogP contribution in [0.3, 0.4) is 0 Å². The summed E-state index contributed by atoms with van der Waals surface area (Å²) in [5.74, 6) is 0.0309. The van der Waals surface area contributed by atoms with Crippen LogP contribution in [0.25, 0.3) is 31.9 Å². The zero-order valence-electron chi connectivity index (χ0n) is 35.0. The molecule has 3 atom stereocenters. The van der Waals surface area contributed by atoms with Crippen molar-refractivity contribution in [3.05, 3.63) is 94.3 Å². The molecule has 312 valence electrons. The Morgan fingerprint density at radius 3 is 2.55 bits per heavy atom. The number of rotatable bonds is 10. The summed E-state index contributed by atoms with van der Waals surface area (Å²) in [6.07, 6.45) is 8.20. The highest BCUT2D eigenvalue weighted by atomic mass is 32.1. The van der Waals surface area contributed by atoms with E-state index in [9.17, 15) is 9.59 Å². The van der Waals surface area contributed by atoms with Gasteiger partial charge >= 0.3 is 12.0 Å². The molecule has 3 unspecified atom stereocenters. The highest BCUT2D eigenvalue weighted by Crippen LogP contribution is 2.72. The molecule has 0 saturated heterocycles. The summed E-state index contributed by atoms with van der Waals surface area (Å²) in [4.78, 5) is 41.8. The van der Waals surface area contributed by atoms with Gasteiger partial charge in [-0.25, -0.2) is 19.6 Å². The second-order valence-electron chi connectivity index (χ2n) is 19.2. The van der Waals surface area contributed by atoms with E-state index in [-0.39, 0.29) is 40.2 Å². The molecule has 4 fully saturated rings. The monoisotopic (exact) mass is 829 g/mol. The van der Waals surface area contributed by atoms with E-state index in [4.69, 9.17) is 29.8 Å². The molecule has 2 amide bonds. The first-order valence-electron chi connectivity index (χ1n) is 20.7. The van der Waals surface area contributed by atoms with Gasteiger partial charge in [0.25, 0.3) is 0 Å². The van der Waals surface area contributed by atoms with E-state index < -0.39 is 17.6 Å². The van der Waals surface area contributed by atoms with E-state index in [0.29, 0.717) is 41.0 Å². The Balaban J connectivity index is 1.06. The molecule has 4 bridgehead atoms. The van der Waals surface area contributed by atoms with Crippen LogP contribution in [0.1, 0.15) is 101 Å².